The molecule has 0 aliphatic carbocycles. The zero-order valence-electron chi connectivity index (χ0n) is 17.6. The van der Waals surface area contributed by atoms with Crippen LogP contribution in [-0.2, 0) is 6.54 Å². The monoisotopic (exact) mass is 445 g/mol. The second-order valence-electron chi connectivity index (χ2n) is 8.26. The minimum Gasteiger partial charge on any atom is -0.355 e. The number of carbonyl (C=O) groups excluding carboxylic acids is 1. The molecule has 1 fully saturated rings. The highest BCUT2D eigenvalue weighted by Gasteiger charge is 2.22. The summed E-state index contributed by atoms with van der Waals surface area (Å²) in [7, 11) is 0. The van der Waals surface area contributed by atoms with Gasteiger partial charge in [-0.3, -0.25) is 9.69 Å². The molecule has 0 unspecified atom stereocenters. The summed E-state index contributed by atoms with van der Waals surface area (Å²) < 4.78 is 5.56. The first-order chi connectivity index (χ1) is 15.7. The molecule has 1 saturated heterocycles. The molecule has 0 atom stereocenters. The van der Waals surface area contributed by atoms with Crippen LogP contribution in [0.15, 0.2) is 77.3 Å². The Balaban J connectivity index is 1.24. The fraction of sp³-hybridized carbons (Fsp3) is 0.231. The molecule has 5 rings (SSSR count). The summed E-state index contributed by atoms with van der Waals surface area (Å²) in [5, 5.41) is 8.82. The number of aromatic nitrogens is 1. The fourth-order valence-corrected chi connectivity index (χ4v) is 4.36. The van der Waals surface area contributed by atoms with Crippen molar-refractivity contribution in [3.05, 3.63) is 88.9 Å². The van der Waals surface area contributed by atoms with Crippen molar-refractivity contribution in [1.82, 2.24) is 15.4 Å². The molecular formula is C26H24ClN3O2. The summed E-state index contributed by atoms with van der Waals surface area (Å²) >= 11 is 6.00. The van der Waals surface area contributed by atoms with Gasteiger partial charge in [0.15, 0.2) is 5.76 Å². The van der Waals surface area contributed by atoms with E-state index in [-0.39, 0.29) is 11.9 Å². The van der Waals surface area contributed by atoms with Gasteiger partial charge in [0.2, 0.25) is 0 Å². The van der Waals surface area contributed by atoms with E-state index in [1.807, 2.05) is 42.5 Å². The Kier molecular flexibility index (Phi) is 5.93. The second kappa shape index (κ2) is 9.15. The van der Waals surface area contributed by atoms with Crippen molar-refractivity contribution in [1.29, 1.82) is 0 Å². The number of hydrogen-bond acceptors (Lipinski definition) is 4. The lowest BCUT2D eigenvalue weighted by Gasteiger charge is -2.32. The van der Waals surface area contributed by atoms with Crippen molar-refractivity contribution in [3.63, 3.8) is 0 Å². The summed E-state index contributed by atoms with van der Waals surface area (Å²) in [4.78, 5) is 15.4. The number of likely N-dealkylation sites (tertiary alicyclic amines) is 1. The van der Waals surface area contributed by atoms with E-state index in [2.05, 4.69) is 39.6 Å². The summed E-state index contributed by atoms with van der Waals surface area (Å²) in [5.41, 5.74) is 3.54. The summed E-state index contributed by atoms with van der Waals surface area (Å²) in [6.07, 6.45) is 1.90. The van der Waals surface area contributed by atoms with Gasteiger partial charge in [0, 0.05) is 41.8 Å². The van der Waals surface area contributed by atoms with Crippen molar-refractivity contribution in [2.75, 3.05) is 13.1 Å². The molecule has 1 N–H and O–H groups in total. The SMILES string of the molecule is O=C(NC1CCN(Cc2ccccc2)CC1)c1ccc2noc(-c3ccc(Cl)cc3)c2c1. The first-order valence-electron chi connectivity index (χ1n) is 10.9. The fourth-order valence-electron chi connectivity index (χ4n) is 4.24. The Morgan fingerprint density at radius 3 is 2.53 bits per heavy atom. The molecule has 1 amide bonds. The molecule has 2 heterocycles. The van der Waals surface area contributed by atoms with Crippen LogP contribution >= 0.6 is 11.6 Å². The van der Waals surface area contributed by atoms with Crippen molar-refractivity contribution in [2.24, 2.45) is 0 Å². The topological polar surface area (TPSA) is 58.4 Å². The number of halogens is 1. The van der Waals surface area contributed by atoms with E-state index < -0.39 is 0 Å². The third kappa shape index (κ3) is 4.54. The van der Waals surface area contributed by atoms with E-state index in [0.29, 0.717) is 16.3 Å². The average Bonchev–Trinajstić information content (AvgIpc) is 3.25. The van der Waals surface area contributed by atoms with E-state index in [9.17, 15) is 4.79 Å². The number of fused-ring (bicyclic) bond motifs is 1. The molecule has 5 nitrogen and oxygen atoms in total. The van der Waals surface area contributed by atoms with Gasteiger partial charge in [-0.05, 0) is 60.9 Å². The number of nitrogens with zero attached hydrogens (tertiary/aromatic N) is 2. The van der Waals surface area contributed by atoms with Gasteiger partial charge in [-0.15, -0.1) is 0 Å². The van der Waals surface area contributed by atoms with E-state index in [0.717, 1.165) is 48.9 Å². The van der Waals surface area contributed by atoms with E-state index in [1.165, 1.54) is 5.56 Å². The van der Waals surface area contributed by atoms with Gasteiger partial charge < -0.3 is 9.84 Å². The van der Waals surface area contributed by atoms with Crippen LogP contribution in [0.25, 0.3) is 22.2 Å². The second-order valence-corrected chi connectivity index (χ2v) is 8.70. The van der Waals surface area contributed by atoms with Crippen LogP contribution in [0.2, 0.25) is 5.02 Å². The molecule has 6 heteroatoms. The van der Waals surface area contributed by atoms with Crippen molar-refractivity contribution in [3.8, 4) is 11.3 Å². The number of piperidine rings is 1. The van der Waals surface area contributed by atoms with Gasteiger partial charge >= 0.3 is 0 Å². The Morgan fingerprint density at radius 1 is 1.03 bits per heavy atom. The summed E-state index contributed by atoms with van der Waals surface area (Å²) in [6, 6.07) is 23.6. The Labute approximate surface area is 192 Å². The highest BCUT2D eigenvalue weighted by atomic mass is 35.5. The molecule has 1 aliphatic heterocycles. The molecule has 32 heavy (non-hydrogen) atoms. The zero-order chi connectivity index (χ0) is 21.9. The maximum atomic E-state index is 13.0. The Bertz CT molecular complexity index is 1210. The summed E-state index contributed by atoms with van der Waals surface area (Å²) in [6.45, 7) is 2.91. The van der Waals surface area contributed by atoms with E-state index in [4.69, 9.17) is 16.1 Å². The molecule has 0 bridgehead atoms. The number of carbonyl (C=O) groups is 1. The minimum absolute atomic E-state index is 0.0586. The average molecular weight is 446 g/mol. The Morgan fingerprint density at radius 2 is 1.78 bits per heavy atom. The van der Waals surface area contributed by atoms with Crippen LogP contribution in [0.5, 0.6) is 0 Å². The van der Waals surface area contributed by atoms with Crippen LogP contribution in [-0.4, -0.2) is 35.1 Å². The molecule has 0 radical (unpaired) electrons. The van der Waals surface area contributed by atoms with Crippen molar-refractivity contribution < 1.29 is 9.32 Å². The summed E-state index contributed by atoms with van der Waals surface area (Å²) in [5.74, 6) is 0.581. The van der Waals surface area contributed by atoms with Gasteiger partial charge in [-0.1, -0.05) is 47.1 Å². The number of nitrogens with one attached hydrogen (secondary N) is 1. The quantitative estimate of drug-likeness (QED) is 0.438. The first-order valence-corrected chi connectivity index (χ1v) is 11.3. The van der Waals surface area contributed by atoms with Crippen molar-refractivity contribution >= 4 is 28.4 Å². The van der Waals surface area contributed by atoms with Gasteiger partial charge in [0.1, 0.15) is 5.52 Å². The molecule has 4 aromatic rings. The smallest absolute Gasteiger partial charge is 0.251 e. The molecule has 3 aromatic carbocycles. The standard InChI is InChI=1S/C26H24ClN3O2/c27-21-9-6-19(7-10-21)25-23-16-20(8-11-24(23)29-32-25)26(31)28-22-12-14-30(15-13-22)17-18-4-2-1-3-5-18/h1-11,16,22H,12-15,17H2,(H,28,31). The highest BCUT2D eigenvalue weighted by Crippen LogP contribution is 2.30. The van der Waals surface area contributed by atoms with Gasteiger partial charge in [0.25, 0.3) is 5.91 Å². The first kappa shape index (κ1) is 20.7. The predicted molar refractivity (Wildman–Crippen MR) is 127 cm³/mol. The minimum atomic E-state index is -0.0586. The molecule has 1 aromatic heterocycles. The number of rotatable bonds is 5. The van der Waals surface area contributed by atoms with Gasteiger partial charge in [0.05, 0.1) is 5.39 Å². The number of amides is 1. The third-order valence-electron chi connectivity index (χ3n) is 6.02. The van der Waals surface area contributed by atoms with Crippen LogP contribution in [0.1, 0.15) is 28.8 Å². The lowest BCUT2D eigenvalue weighted by molar-refractivity contribution is 0.0909. The molecule has 162 valence electrons. The number of hydrogen-bond donors (Lipinski definition) is 1. The van der Waals surface area contributed by atoms with Crippen molar-refractivity contribution in [2.45, 2.75) is 25.4 Å². The molecule has 0 spiro atoms. The largest absolute Gasteiger partial charge is 0.355 e. The zero-order valence-corrected chi connectivity index (χ0v) is 18.4. The van der Waals surface area contributed by atoms with Gasteiger partial charge in [-0.2, -0.15) is 0 Å². The van der Waals surface area contributed by atoms with Gasteiger partial charge in [-0.25, -0.2) is 0 Å². The van der Waals surface area contributed by atoms with E-state index in [1.54, 1.807) is 6.07 Å². The maximum absolute atomic E-state index is 13.0. The lowest BCUT2D eigenvalue weighted by Crippen LogP contribution is -2.44. The van der Waals surface area contributed by atoms with Crippen LogP contribution in [0.4, 0.5) is 0 Å². The Hall–Kier alpha value is -3.15. The number of benzene rings is 3. The van der Waals surface area contributed by atoms with Crippen LogP contribution in [0.3, 0.4) is 0 Å². The molecular weight excluding hydrogens is 422 g/mol. The molecule has 0 saturated carbocycles. The van der Waals surface area contributed by atoms with E-state index >= 15 is 0 Å². The third-order valence-corrected chi connectivity index (χ3v) is 6.27. The van der Waals surface area contributed by atoms with Crippen LogP contribution < -0.4 is 5.32 Å². The maximum Gasteiger partial charge on any atom is 0.251 e. The van der Waals surface area contributed by atoms with Crippen LogP contribution in [0, 0.1) is 0 Å². The lowest BCUT2D eigenvalue weighted by atomic mass is 10.0. The predicted octanol–water partition coefficient (Wildman–Crippen LogP) is 5.54. The highest BCUT2D eigenvalue weighted by molar-refractivity contribution is 6.30. The normalized spacial score (nSPS) is 15.2. The molecule has 1 aliphatic rings.